The van der Waals surface area contributed by atoms with E-state index in [-0.39, 0.29) is 18.8 Å². The predicted octanol–water partition coefficient (Wildman–Crippen LogP) is 4.16. The van der Waals surface area contributed by atoms with E-state index in [0.29, 0.717) is 16.5 Å². The van der Waals surface area contributed by atoms with E-state index < -0.39 is 11.8 Å². The lowest BCUT2D eigenvalue weighted by molar-refractivity contribution is 0.0453. The van der Waals surface area contributed by atoms with Gasteiger partial charge in [0, 0.05) is 29.4 Å². The van der Waals surface area contributed by atoms with Gasteiger partial charge in [0.1, 0.15) is 24.8 Å². The summed E-state index contributed by atoms with van der Waals surface area (Å²) < 4.78 is 24.7. The molecule has 0 aliphatic rings. The molecule has 27 heavy (non-hydrogen) atoms. The summed E-state index contributed by atoms with van der Waals surface area (Å²) >= 11 is 0. The van der Waals surface area contributed by atoms with Crippen LogP contribution in [0.1, 0.15) is 10.4 Å². The highest BCUT2D eigenvalue weighted by Crippen LogP contribution is 2.23. The smallest absolute Gasteiger partial charge is 0.338 e. The lowest BCUT2D eigenvalue weighted by Gasteiger charge is -2.10. The highest BCUT2D eigenvalue weighted by Gasteiger charge is 2.14. The molecule has 4 rings (SSSR count). The van der Waals surface area contributed by atoms with Crippen molar-refractivity contribution in [2.24, 2.45) is 0 Å². The molecule has 2 aromatic carbocycles. The van der Waals surface area contributed by atoms with Gasteiger partial charge in [0.25, 0.3) is 0 Å². The number of pyridine rings is 2. The van der Waals surface area contributed by atoms with Crippen LogP contribution in [0, 0.1) is 5.82 Å². The molecule has 134 valence electrons. The van der Waals surface area contributed by atoms with Crippen LogP contribution in [-0.2, 0) is 4.74 Å². The molecule has 0 fully saturated rings. The van der Waals surface area contributed by atoms with Crippen molar-refractivity contribution in [3.05, 3.63) is 78.5 Å². The summed E-state index contributed by atoms with van der Waals surface area (Å²) in [6.07, 6.45) is 4.72. The fraction of sp³-hybridized carbons (Fsp3) is 0.0952. The average Bonchev–Trinajstić information content (AvgIpc) is 2.70. The van der Waals surface area contributed by atoms with Gasteiger partial charge in [0.15, 0.2) is 0 Å². The first-order valence-corrected chi connectivity index (χ1v) is 8.39. The van der Waals surface area contributed by atoms with E-state index in [9.17, 15) is 9.18 Å². The second kappa shape index (κ2) is 7.37. The zero-order valence-corrected chi connectivity index (χ0v) is 14.3. The van der Waals surface area contributed by atoms with Crippen LogP contribution in [0.2, 0.25) is 0 Å². The van der Waals surface area contributed by atoms with Gasteiger partial charge in [0.05, 0.1) is 11.1 Å². The number of carbonyl (C=O) groups excluding carboxylic acids is 1. The van der Waals surface area contributed by atoms with Gasteiger partial charge in [-0.2, -0.15) is 0 Å². The minimum absolute atomic E-state index is 0.0403. The lowest BCUT2D eigenvalue weighted by Crippen LogP contribution is -2.13. The first kappa shape index (κ1) is 16.9. The van der Waals surface area contributed by atoms with Crippen LogP contribution in [0.5, 0.6) is 5.75 Å². The molecule has 5 nitrogen and oxygen atoms in total. The minimum Gasteiger partial charge on any atom is -0.489 e. The molecule has 0 radical (unpaired) electrons. The number of benzene rings is 2. The van der Waals surface area contributed by atoms with Crippen LogP contribution in [0.25, 0.3) is 21.7 Å². The van der Waals surface area contributed by atoms with Crippen molar-refractivity contribution in [3.63, 3.8) is 0 Å². The van der Waals surface area contributed by atoms with Crippen molar-refractivity contribution < 1.29 is 18.7 Å². The number of esters is 1. The summed E-state index contributed by atoms with van der Waals surface area (Å²) in [6.45, 7) is 0.215. The highest BCUT2D eigenvalue weighted by molar-refractivity contribution is 6.04. The van der Waals surface area contributed by atoms with E-state index >= 15 is 0 Å². The molecule has 2 aromatic heterocycles. The second-order valence-electron chi connectivity index (χ2n) is 5.86. The summed E-state index contributed by atoms with van der Waals surface area (Å²) in [5.41, 5.74) is 0.994. The normalized spacial score (nSPS) is 10.9. The maximum absolute atomic E-state index is 13.7. The van der Waals surface area contributed by atoms with Crippen LogP contribution >= 0.6 is 0 Å². The highest BCUT2D eigenvalue weighted by atomic mass is 19.1. The van der Waals surface area contributed by atoms with E-state index in [1.54, 1.807) is 24.5 Å². The van der Waals surface area contributed by atoms with Crippen LogP contribution in [0.15, 0.2) is 67.1 Å². The average molecular weight is 362 g/mol. The van der Waals surface area contributed by atoms with E-state index in [4.69, 9.17) is 9.47 Å². The molecule has 0 atom stereocenters. The van der Waals surface area contributed by atoms with Gasteiger partial charge in [-0.05, 0) is 41.8 Å². The molecule has 0 N–H and O–H groups in total. The SMILES string of the molecule is O=C(OCCOc1ccnc2ccccc12)c1cc(F)cc2cnccc12. The van der Waals surface area contributed by atoms with Gasteiger partial charge >= 0.3 is 5.97 Å². The Bertz CT molecular complexity index is 1130. The standard InChI is InChI=1S/C21H15FN2O3/c22-15-11-14-13-23-7-5-16(14)18(12-15)21(25)27-10-9-26-20-6-8-24-19-4-2-1-3-17(19)20/h1-8,11-13H,9-10H2. The molecule has 0 saturated carbocycles. The molecule has 0 unspecified atom stereocenters. The largest absolute Gasteiger partial charge is 0.489 e. The number of carbonyl (C=O) groups is 1. The van der Waals surface area contributed by atoms with Gasteiger partial charge < -0.3 is 9.47 Å². The molecule has 6 heteroatoms. The van der Waals surface area contributed by atoms with Crippen LogP contribution < -0.4 is 4.74 Å². The number of ether oxygens (including phenoxy) is 2. The van der Waals surface area contributed by atoms with E-state index in [2.05, 4.69) is 9.97 Å². The molecular formula is C21H15FN2O3. The Morgan fingerprint density at radius 1 is 1.00 bits per heavy atom. The number of rotatable bonds is 5. The molecule has 0 saturated heterocycles. The summed E-state index contributed by atoms with van der Waals surface area (Å²) in [5.74, 6) is -0.449. The Kier molecular flexibility index (Phi) is 4.61. The van der Waals surface area contributed by atoms with Gasteiger partial charge in [-0.25, -0.2) is 9.18 Å². The van der Waals surface area contributed by atoms with E-state index in [1.165, 1.54) is 18.3 Å². The number of hydrogen-bond donors (Lipinski definition) is 0. The molecule has 2 heterocycles. The summed E-state index contributed by atoms with van der Waals surface area (Å²) in [5, 5.41) is 2.02. The van der Waals surface area contributed by atoms with Crippen molar-refractivity contribution >= 4 is 27.6 Å². The summed E-state index contributed by atoms with van der Waals surface area (Å²) in [7, 11) is 0. The second-order valence-corrected chi connectivity index (χ2v) is 5.86. The Morgan fingerprint density at radius 2 is 1.89 bits per heavy atom. The maximum Gasteiger partial charge on any atom is 0.338 e. The molecule has 0 aliphatic carbocycles. The molecular weight excluding hydrogens is 347 g/mol. The molecule has 0 bridgehead atoms. The van der Waals surface area contributed by atoms with Crippen molar-refractivity contribution in [3.8, 4) is 5.75 Å². The number of fused-ring (bicyclic) bond motifs is 2. The third-order valence-corrected chi connectivity index (χ3v) is 4.12. The number of aromatic nitrogens is 2. The summed E-state index contributed by atoms with van der Waals surface area (Å²) in [6, 6.07) is 13.5. The van der Waals surface area contributed by atoms with Gasteiger partial charge in [-0.15, -0.1) is 0 Å². The maximum atomic E-state index is 13.7. The van der Waals surface area contributed by atoms with Crippen molar-refractivity contribution in [2.75, 3.05) is 13.2 Å². The molecule has 4 aromatic rings. The zero-order chi connectivity index (χ0) is 18.6. The molecule has 0 spiro atoms. The van der Waals surface area contributed by atoms with Crippen molar-refractivity contribution in [2.45, 2.75) is 0 Å². The van der Waals surface area contributed by atoms with Crippen LogP contribution in [0.3, 0.4) is 0 Å². The van der Waals surface area contributed by atoms with E-state index in [0.717, 1.165) is 10.9 Å². The zero-order valence-electron chi connectivity index (χ0n) is 14.3. The Balaban J connectivity index is 1.43. The van der Waals surface area contributed by atoms with Crippen molar-refractivity contribution in [1.82, 2.24) is 9.97 Å². The first-order valence-electron chi connectivity index (χ1n) is 8.39. The number of nitrogens with zero attached hydrogens (tertiary/aromatic N) is 2. The first-order chi connectivity index (χ1) is 13.2. The summed E-state index contributed by atoms with van der Waals surface area (Å²) in [4.78, 5) is 20.6. The minimum atomic E-state index is -0.603. The lowest BCUT2D eigenvalue weighted by atomic mass is 10.1. The van der Waals surface area contributed by atoms with Gasteiger partial charge in [0.2, 0.25) is 0 Å². The third kappa shape index (κ3) is 3.55. The molecule has 0 aliphatic heterocycles. The predicted molar refractivity (Wildman–Crippen MR) is 99.2 cm³/mol. The van der Waals surface area contributed by atoms with Crippen LogP contribution in [-0.4, -0.2) is 29.2 Å². The quantitative estimate of drug-likeness (QED) is 0.394. The number of halogens is 1. The van der Waals surface area contributed by atoms with Crippen LogP contribution in [0.4, 0.5) is 4.39 Å². The Labute approximate surface area is 154 Å². The molecule has 0 amide bonds. The monoisotopic (exact) mass is 362 g/mol. The Hall–Kier alpha value is -3.54. The topological polar surface area (TPSA) is 61.3 Å². The fourth-order valence-corrected chi connectivity index (χ4v) is 2.90. The van der Waals surface area contributed by atoms with Gasteiger partial charge in [-0.3, -0.25) is 9.97 Å². The number of hydrogen-bond acceptors (Lipinski definition) is 5. The fourth-order valence-electron chi connectivity index (χ4n) is 2.90. The van der Waals surface area contributed by atoms with E-state index in [1.807, 2.05) is 24.3 Å². The Morgan fingerprint density at radius 3 is 2.81 bits per heavy atom. The van der Waals surface area contributed by atoms with Crippen molar-refractivity contribution in [1.29, 1.82) is 0 Å². The van der Waals surface area contributed by atoms with Gasteiger partial charge in [-0.1, -0.05) is 12.1 Å². The third-order valence-electron chi connectivity index (χ3n) is 4.12. The number of para-hydroxylation sites is 1.